The van der Waals surface area contributed by atoms with Gasteiger partial charge in [-0.1, -0.05) is 24.9 Å². The molecule has 0 amide bonds. The van der Waals surface area contributed by atoms with E-state index in [2.05, 4.69) is 17.0 Å². The summed E-state index contributed by atoms with van der Waals surface area (Å²) in [6.45, 7) is 4.54. The molecule has 96 valence electrons. The Kier molecular flexibility index (Phi) is 3.81. The molecule has 0 unspecified atom stereocenters. The van der Waals surface area contributed by atoms with Gasteiger partial charge in [0.05, 0.1) is 5.69 Å². The number of halogens is 1. The lowest BCUT2D eigenvalue weighted by atomic mass is 10.3. The van der Waals surface area contributed by atoms with Crippen LogP contribution in [0.5, 0.6) is 0 Å². The van der Waals surface area contributed by atoms with Crippen molar-refractivity contribution in [2.24, 2.45) is 0 Å². The van der Waals surface area contributed by atoms with Crippen molar-refractivity contribution in [1.82, 2.24) is 19.3 Å². The molecule has 2 rings (SSSR count). The van der Waals surface area contributed by atoms with Crippen molar-refractivity contribution in [1.29, 1.82) is 0 Å². The first kappa shape index (κ1) is 12.8. The molecule has 0 aliphatic rings. The first-order chi connectivity index (χ1) is 8.65. The molecule has 0 spiro atoms. The van der Waals surface area contributed by atoms with Gasteiger partial charge in [-0.25, -0.2) is 9.67 Å². The van der Waals surface area contributed by atoms with Crippen LogP contribution in [0.2, 0.25) is 5.15 Å². The lowest BCUT2D eigenvalue weighted by Gasteiger charge is -2.12. The largest absolute Gasteiger partial charge is 0.307 e. The van der Waals surface area contributed by atoms with Crippen molar-refractivity contribution in [3.63, 3.8) is 0 Å². The third-order valence-electron chi connectivity index (χ3n) is 2.80. The molecule has 0 radical (unpaired) electrons. The first-order valence-electron chi connectivity index (χ1n) is 5.92. The van der Waals surface area contributed by atoms with Gasteiger partial charge in [-0.3, -0.25) is 4.79 Å². The van der Waals surface area contributed by atoms with E-state index in [9.17, 15) is 4.79 Å². The molecule has 0 aliphatic carbocycles. The van der Waals surface area contributed by atoms with Crippen LogP contribution in [0.25, 0.3) is 5.82 Å². The number of aromatic nitrogens is 4. The van der Waals surface area contributed by atoms with Gasteiger partial charge in [-0.2, -0.15) is 5.10 Å². The third-order valence-corrected chi connectivity index (χ3v) is 3.16. The Morgan fingerprint density at radius 3 is 2.83 bits per heavy atom. The molecule has 0 bridgehead atoms. The van der Waals surface area contributed by atoms with Gasteiger partial charge in [0.2, 0.25) is 5.82 Å². The average Bonchev–Trinajstić information content (AvgIpc) is 2.87. The topological polar surface area (TPSA) is 52.7 Å². The molecule has 6 heteroatoms. The molecular weight excluding hydrogens is 252 g/mol. The van der Waals surface area contributed by atoms with Gasteiger partial charge < -0.3 is 4.57 Å². The number of rotatable bonds is 4. The monoisotopic (exact) mass is 266 g/mol. The molecule has 0 aliphatic heterocycles. The van der Waals surface area contributed by atoms with Crippen molar-refractivity contribution < 1.29 is 0 Å². The van der Waals surface area contributed by atoms with E-state index in [-0.39, 0.29) is 11.4 Å². The zero-order chi connectivity index (χ0) is 13.1. The zero-order valence-electron chi connectivity index (χ0n) is 10.4. The molecule has 0 saturated carbocycles. The summed E-state index contributed by atoms with van der Waals surface area (Å²) in [5.41, 5.74) is 0.542. The van der Waals surface area contributed by atoms with Crippen LogP contribution in [-0.2, 0) is 6.54 Å². The minimum absolute atomic E-state index is 0.158. The molecule has 0 atom stereocenters. The Hall–Kier alpha value is -1.62. The number of unbranched alkanes of at least 4 members (excludes halogenated alkanes) is 1. The fourth-order valence-corrected chi connectivity index (χ4v) is 1.92. The number of hydrogen-bond acceptors (Lipinski definition) is 3. The summed E-state index contributed by atoms with van der Waals surface area (Å²) in [7, 11) is 0. The minimum atomic E-state index is -0.158. The second kappa shape index (κ2) is 5.35. The van der Waals surface area contributed by atoms with Gasteiger partial charge in [-0.05, 0) is 19.4 Å². The van der Waals surface area contributed by atoms with Crippen molar-refractivity contribution in [2.75, 3.05) is 0 Å². The van der Waals surface area contributed by atoms with Crippen LogP contribution in [-0.4, -0.2) is 19.3 Å². The number of hydrogen-bond donors (Lipinski definition) is 0. The molecule has 2 aromatic heterocycles. The van der Waals surface area contributed by atoms with E-state index in [0.717, 1.165) is 12.8 Å². The molecule has 5 nitrogen and oxygen atoms in total. The van der Waals surface area contributed by atoms with Gasteiger partial charge in [-0.15, -0.1) is 0 Å². The Balaban J connectivity index is 2.56. The highest BCUT2D eigenvalue weighted by Crippen LogP contribution is 2.12. The van der Waals surface area contributed by atoms with Gasteiger partial charge in [0.1, 0.15) is 0 Å². The fraction of sp³-hybridized carbons (Fsp3) is 0.417. The Morgan fingerprint density at radius 2 is 2.22 bits per heavy atom. The van der Waals surface area contributed by atoms with E-state index < -0.39 is 0 Å². The fourth-order valence-electron chi connectivity index (χ4n) is 1.73. The molecule has 0 saturated heterocycles. The molecule has 0 N–H and O–H groups in total. The van der Waals surface area contributed by atoms with Crippen LogP contribution in [0.15, 0.2) is 23.3 Å². The van der Waals surface area contributed by atoms with E-state index in [1.54, 1.807) is 30.0 Å². The van der Waals surface area contributed by atoms with Crippen LogP contribution >= 0.6 is 11.6 Å². The van der Waals surface area contributed by atoms with Crippen molar-refractivity contribution in [3.05, 3.63) is 39.7 Å². The van der Waals surface area contributed by atoms with Crippen LogP contribution in [0.4, 0.5) is 0 Å². The highest BCUT2D eigenvalue weighted by atomic mass is 35.5. The van der Waals surface area contributed by atoms with Crippen molar-refractivity contribution in [2.45, 2.75) is 33.2 Å². The number of nitrogens with zero attached hydrogens (tertiary/aromatic N) is 4. The molecule has 0 fully saturated rings. The van der Waals surface area contributed by atoms with E-state index in [4.69, 9.17) is 11.6 Å². The van der Waals surface area contributed by atoms with Crippen LogP contribution < -0.4 is 5.56 Å². The Morgan fingerprint density at radius 1 is 1.44 bits per heavy atom. The zero-order valence-corrected chi connectivity index (χ0v) is 11.2. The third kappa shape index (κ3) is 2.31. The maximum atomic E-state index is 12.3. The van der Waals surface area contributed by atoms with Gasteiger partial charge >= 0.3 is 0 Å². The average molecular weight is 267 g/mol. The van der Waals surface area contributed by atoms with E-state index >= 15 is 0 Å². The lowest BCUT2D eigenvalue weighted by molar-refractivity contribution is 0.587. The molecule has 18 heavy (non-hydrogen) atoms. The summed E-state index contributed by atoms with van der Waals surface area (Å²) in [5, 5.41) is 4.37. The highest BCUT2D eigenvalue weighted by Gasteiger charge is 2.13. The van der Waals surface area contributed by atoms with Crippen molar-refractivity contribution >= 4 is 11.6 Å². The second-order valence-corrected chi connectivity index (χ2v) is 4.43. The van der Waals surface area contributed by atoms with Crippen LogP contribution in [0.3, 0.4) is 0 Å². The van der Waals surface area contributed by atoms with Crippen LogP contribution in [0, 0.1) is 6.92 Å². The molecular formula is C12H15ClN4O. The summed E-state index contributed by atoms with van der Waals surface area (Å²) >= 11 is 6.07. The predicted octanol–water partition coefficient (Wildman–Crippen LogP) is 2.19. The summed E-state index contributed by atoms with van der Waals surface area (Å²) in [6.07, 6.45) is 5.23. The smallest absolute Gasteiger partial charge is 0.296 e. The first-order valence-corrected chi connectivity index (χ1v) is 6.30. The Labute approximate surface area is 110 Å². The SMILES string of the molecule is CCCCn1c(C)c(Cl)nc(-n2cccn2)c1=O. The molecule has 0 aromatic carbocycles. The Bertz CT molecular complexity index is 589. The summed E-state index contributed by atoms with van der Waals surface area (Å²) in [6, 6.07) is 1.74. The van der Waals surface area contributed by atoms with E-state index in [1.807, 2.05) is 0 Å². The lowest BCUT2D eigenvalue weighted by Crippen LogP contribution is -2.28. The quantitative estimate of drug-likeness (QED) is 0.852. The minimum Gasteiger partial charge on any atom is -0.307 e. The van der Waals surface area contributed by atoms with E-state index in [0.29, 0.717) is 17.4 Å². The molecule has 2 heterocycles. The summed E-state index contributed by atoms with van der Waals surface area (Å²) in [5.74, 6) is 0.242. The van der Waals surface area contributed by atoms with Gasteiger partial charge in [0.15, 0.2) is 5.15 Å². The predicted molar refractivity (Wildman–Crippen MR) is 70.3 cm³/mol. The maximum absolute atomic E-state index is 12.3. The maximum Gasteiger partial charge on any atom is 0.296 e. The summed E-state index contributed by atoms with van der Waals surface area (Å²) in [4.78, 5) is 16.4. The second-order valence-electron chi connectivity index (χ2n) is 4.07. The standard InChI is InChI=1S/C12H15ClN4O/c1-3-4-7-16-9(2)10(13)15-11(12(16)18)17-8-5-6-14-17/h5-6,8H,3-4,7H2,1-2H3. The highest BCUT2D eigenvalue weighted by molar-refractivity contribution is 6.30. The van der Waals surface area contributed by atoms with Gasteiger partial charge in [0, 0.05) is 18.9 Å². The van der Waals surface area contributed by atoms with Crippen molar-refractivity contribution in [3.8, 4) is 5.82 Å². The van der Waals surface area contributed by atoms with Gasteiger partial charge in [0.25, 0.3) is 5.56 Å². The van der Waals surface area contributed by atoms with E-state index in [1.165, 1.54) is 4.68 Å². The molecule has 2 aromatic rings. The summed E-state index contributed by atoms with van der Waals surface area (Å²) < 4.78 is 3.10. The van der Waals surface area contributed by atoms with Crippen LogP contribution in [0.1, 0.15) is 25.5 Å². The normalized spacial score (nSPS) is 10.8.